The molecule has 0 saturated carbocycles. The molecule has 6 nitrogen and oxygen atoms in total. The van der Waals surface area contributed by atoms with E-state index in [2.05, 4.69) is 0 Å². The van der Waals surface area contributed by atoms with Crippen molar-refractivity contribution in [2.75, 3.05) is 26.2 Å². The second-order valence-electron chi connectivity index (χ2n) is 5.87. The van der Waals surface area contributed by atoms with Gasteiger partial charge in [0, 0.05) is 37.3 Å². The molecule has 1 saturated heterocycles. The molecule has 0 unspecified atom stereocenters. The van der Waals surface area contributed by atoms with Gasteiger partial charge in [-0.2, -0.15) is 8.61 Å². The lowest BCUT2D eigenvalue weighted by Gasteiger charge is -2.33. The molecule has 0 aromatic heterocycles. The van der Waals surface area contributed by atoms with Gasteiger partial charge in [-0.05, 0) is 30.3 Å². The Morgan fingerprint density at radius 2 is 1.22 bits per heavy atom. The Balaban J connectivity index is 1.78. The summed E-state index contributed by atoms with van der Waals surface area (Å²) >= 11 is 5.83. The Bertz CT molecular complexity index is 1050. The van der Waals surface area contributed by atoms with Crippen molar-refractivity contribution in [1.82, 2.24) is 8.61 Å². The highest BCUT2D eigenvalue weighted by molar-refractivity contribution is 7.89. The van der Waals surface area contributed by atoms with Crippen LogP contribution >= 0.6 is 11.6 Å². The zero-order valence-electron chi connectivity index (χ0n) is 13.8. The maximum absolute atomic E-state index is 13.3. The van der Waals surface area contributed by atoms with E-state index in [0.717, 1.165) is 20.7 Å². The minimum atomic E-state index is -4.14. The van der Waals surface area contributed by atoms with E-state index in [1.165, 1.54) is 18.2 Å². The lowest BCUT2D eigenvalue weighted by molar-refractivity contribution is 0.272. The summed E-state index contributed by atoms with van der Waals surface area (Å²) < 4.78 is 79.3. The number of piperazine rings is 1. The van der Waals surface area contributed by atoms with E-state index in [0.29, 0.717) is 6.07 Å². The van der Waals surface area contributed by atoms with Crippen LogP contribution in [0.15, 0.2) is 52.3 Å². The maximum Gasteiger partial charge on any atom is 0.243 e. The van der Waals surface area contributed by atoms with Crippen molar-refractivity contribution in [2.24, 2.45) is 0 Å². The zero-order chi connectivity index (χ0) is 19.8. The van der Waals surface area contributed by atoms with Crippen molar-refractivity contribution in [3.8, 4) is 0 Å². The summed E-state index contributed by atoms with van der Waals surface area (Å²) in [4.78, 5) is -0.496. The largest absolute Gasteiger partial charge is 0.243 e. The first-order valence-corrected chi connectivity index (χ1v) is 11.1. The molecule has 27 heavy (non-hydrogen) atoms. The highest BCUT2D eigenvalue weighted by atomic mass is 35.5. The number of hydrogen-bond donors (Lipinski definition) is 0. The molecule has 3 rings (SSSR count). The highest BCUT2D eigenvalue weighted by Crippen LogP contribution is 2.24. The molecular formula is C16H15ClF2N2O4S2. The maximum atomic E-state index is 13.3. The lowest BCUT2D eigenvalue weighted by Crippen LogP contribution is -2.50. The Morgan fingerprint density at radius 1 is 0.741 bits per heavy atom. The molecule has 0 N–H and O–H groups in total. The van der Waals surface area contributed by atoms with Crippen LogP contribution in [0.1, 0.15) is 0 Å². The van der Waals surface area contributed by atoms with Gasteiger partial charge >= 0.3 is 0 Å². The summed E-state index contributed by atoms with van der Waals surface area (Å²) in [6, 6.07) is 7.81. The van der Waals surface area contributed by atoms with Gasteiger partial charge in [0.25, 0.3) is 0 Å². The molecule has 0 spiro atoms. The number of hydrogen-bond acceptors (Lipinski definition) is 4. The van der Waals surface area contributed by atoms with Crippen molar-refractivity contribution < 1.29 is 25.6 Å². The van der Waals surface area contributed by atoms with Gasteiger partial charge in [0.2, 0.25) is 20.0 Å². The van der Waals surface area contributed by atoms with Gasteiger partial charge in [-0.3, -0.25) is 0 Å². The minimum absolute atomic E-state index is 0.0125. The van der Waals surface area contributed by atoms with Crippen LogP contribution in [0.25, 0.3) is 0 Å². The average Bonchev–Trinajstić information content (AvgIpc) is 2.61. The van der Waals surface area contributed by atoms with Gasteiger partial charge in [0.15, 0.2) is 0 Å². The lowest BCUT2D eigenvalue weighted by atomic mass is 10.3. The number of nitrogens with zero attached hydrogens (tertiary/aromatic N) is 2. The van der Waals surface area contributed by atoms with E-state index in [9.17, 15) is 25.6 Å². The molecule has 0 amide bonds. The SMILES string of the molecule is O=S(=O)(c1cc(F)cc(F)c1)N1CCN(S(=O)(=O)c2cccc(Cl)c2)CC1. The Hall–Kier alpha value is -1.59. The third-order valence-corrected chi connectivity index (χ3v) is 8.11. The normalized spacial score (nSPS) is 17.1. The fourth-order valence-electron chi connectivity index (χ4n) is 2.75. The Morgan fingerprint density at radius 3 is 1.70 bits per heavy atom. The molecule has 0 bridgehead atoms. The van der Waals surface area contributed by atoms with Gasteiger partial charge in [0.1, 0.15) is 11.6 Å². The van der Waals surface area contributed by atoms with E-state index in [1.807, 2.05) is 0 Å². The third-order valence-electron chi connectivity index (χ3n) is 4.11. The van der Waals surface area contributed by atoms with Gasteiger partial charge in [-0.15, -0.1) is 0 Å². The summed E-state index contributed by atoms with van der Waals surface area (Å²) in [7, 11) is -7.96. The van der Waals surface area contributed by atoms with Gasteiger partial charge in [-0.25, -0.2) is 25.6 Å². The molecule has 1 heterocycles. The van der Waals surface area contributed by atoms with Crippen molar-refractivity contribution in [2.45, 2.75) is 9.79 Å². The van der Waals surface area contributed by atoms with Crippen molar-refractivity contribution in [1.29, 1.82) is 0 Å². The smallest absolute Gasteiger partial charge is 0.207 e. The zero-order valence-corrected chi connectivity index (χ0v) is 16.2. The van der Waals surface area contributed by atoms with E-state index in [-0.39, 0.29) is 36.1 Å². The number of benzene rings is 2. The van der Waals surface area contributed by atoms with Crippen molar-refractivity contribution in [3.05, 3.63) is 59.1 Å². The standard InChI is InChI=1S/C16H15ClF2N2O4S2/c17-12-2-1-3-15(8-12)26(22,23)20-4-6-21(7-5-20)27(24,25)16-10-13(18)9-14(19)11-16/h1-3,8-11H,4-7H2. The summed E-state index contributed by atoms with van der Waals surface area (Å²) in [5.41, 5.74) is 0. The first-order valence-electron chi connectivity index (χ1n) is 7.83. The summed E-state index contributed by atoms with van der Waals surface area (Å²) in [5, 5.41) is 0.269. The molecule has 11 heteroatoms. The van der Waals surface area contributed by atoms with Gasteiger partial charge in [-0.1, -0.05) is 17.7 Å². The van der Waals surface area contributed by atoms with Gasteiger partial charge < -0.3 is 0 Å². The van der Waals surface area contributed by atoms with Crippen LogP contribution in [0.3, 0.4) is 0 Å². The predicted octanol–water partition coefficient (Wildman–Crippen LogP) is 2.31. The number of sulfonamides is 2. The van der Waals surface area contributed by atoms with Crippen LogP contribution in [0.2, 0.25) is 5.02 Å². The van der Waals surface area contributed by atoms with Crippen molar-refractivity contribution >= 4 is 31.6 Å². The third kappa shape index (κ3) is 4.14. The number of halogens is 3. The predicted molar refractivity (Wildman–Crippen MR) is 95.3 cm³/mol. The Kier molecular flexibility index (Phi) is 5.55. The molecule has 0 radical (unpaired) electrons. The average molecular weight is 437 g/mol. The summed E-state index contributed by atoms with van der Waals surface area (Å²) in [6.45, 7) is -0.460. The van der Waals surface area contributed by atoms with E-state index >= 15 is 0 Å². The number of rotatable bonds is 4. The molecule has 1 aliphatic rings. The van der Waals surface area contributed by atoms with Crippen LogP contribution in [-0.2, 0) is 20.0 Å². The molecule has 1 fully saturated rings. The van der Waals surface area contributed by atoms with E-state index < -0.39 is 36.6 Å². The summed E-state index contributed by atoms with van der Waals surface area (Å²) in [5.74, 6) is -2.01. The molecule has 0 aliphatic carbocycles. The monoisotopic (exact) mass is 436 g/mol. The molecular weight excluding hydrogens is 422 g/mol. The fraction of sp³-hybridized carbons (Fsp3) is 0.250. The molecule has 2 aromatic rings. The van der Waals surface area contributed by atoms with Crippen molar-refractivity contribution in [3.63, 3.8) is 0 Å². The quantitative estimate of drug-likeness (QED) is 0.737. The molecule has 1 aliphatic heterocycles. The second kappa shape index (κ2) is 7.44. The van der Waals surface area contributed by atoms with Crippen LogP contribution in [-0.4, -0.2) is 51.6 Å². The first-order chi connectivity index (χ1) is 12.6. The van der Waals surface area contributed by atoms with Crippen LogP contribution < -0.4 is 0 Å². The Labute approximate surface area is 161 Å². The van der Waals surface area contributed by atoms with Crippen LogP contribution in [0.5, 0.6) is 0 Å². The topological polar surface area (TPSA) is 74.8 Å². The highest BCUT2D eigenvalue weighted by Gasteiger charge is 2.34. The first kappa shape index (κ1) is 20.2. The molecule has 0 atom stereocenters. The minimum Gasteiger partial charge on any atom is -0.207 e. The van der Waals surface area contributed by atoms with Crippen LogP contribution in [0, 0.1) is 11.6 Å². The second-order valence-corrected chi connectivity index (χ2v) is 10.2. The summed E-state index contributed by atoms with van der Waals surface area (Å²) in [6.07, 6.45) is 0. The molecule has 146 valence electrons. The van der Waals surface area contributed by atoms with E-state index in [4.69, 9.17) is 11.6 Å². The fourth-order valence-corrected chi connectivity index (χ4v) is 5.94. The van der Waals surface area contributed by atoms with Crippen LogP contribution in [0.4, 0.5) is 8.78 Å². The van der Waals surface area contributed by atoms with E-state index in [1.54, 1.807) is 6.07 Å². The molecule has 2 aromatic carbocycles. The van der Waals surface area contributed by atoms with Gasteiger partial charge in [0.05, 0.1) is 9.79 Å².